The van der Waals surface area contributed by atoms with Crippen molar-refractivity contribution in [2.45, 2.75) is 6.42 Å². The molecule has 0 aliphatic heterocycles. The van der Waals surface area contributed by atoms with Crippen LogP contribution in [-0.4, -0.2) is 26.3 Å². The lowest BCUT2D eigenvalue weighted by Crippen LogP contribution is -2.14. The number of aromatic nitrogens is 4. The molecular formula is C10H13F2N7. The van der Waals surface area contributed by atoms with Crippen LogP contribution >= 0.6 is 0 Å². The van der Waals surface area contributed by atoms with E-state index < -0.39 is 11.6 Å². The van der Waals surface area contributed by atoms with Gasteiger partial charge in [-0.3, -0.25) is 4.68 Å². The van der Waals surface area contributed by atoms with E-state index >= 15 is 0 Å². The second kappa shape index (κ2) is 5.57. The average Bonchev–Trinajstić information content (AvgIpc) is 2.78. The van der Waals surface area contributed by atoms with E-state index in [1.54, 1.807) is 18.1 Å². The molecule has 19 heavy (non-hydrogen) atoms. The maximum Gasteiger partial charge on any atom is 0.178 e. The number of nitrogen functional groups attached to an aromatic ring is 1. The van der Waals surface area contributed by atoms with E-state index in [1.165, 1.54) is 0 Å². The Morgan fingerprint density at radius 3 is 2.68 bits per heavy atom. The number of nitrogens with one attached hydrogen (secondary N) is 2. The van der Waals surface area contributed by atoms with Gasteiger partial charge in [-0.05, 0) is 0 Å². The first-order valence-electron chi connectivity index (χ1n) is 5.51. The molecule has 0 radical (unpaired) electrons. The molecule has 0 saturated heterocycles. The van der Waals surface area contributed by atoms with E-state index in [0.29, 0.717) is 24.9 Å². The highest BCUT2D eigenvalue weighted by molar-refractivity contribution is 5.46. The second-order valence-electron chi connectivity index (χ2n) is 3.80. The van der Waals surface area contributed by atoms with Gasteiger partial charge in [0.05, 0.1) is 0 Å². The van der Waals surface area contributed by atoms with Gasteiger partial charge in [0.1, 0.15) is 6.33 Å². The fourth-order valence-corrected chi connectivity index (χ4v) is 1.48. The van der Waals surface area contributed by atoms with Crippen LogP contribution in [0.2, 0.25) is 0 Å². The lowest BCUT2D eigenvalue weighted by atomic mass is 10.3. The molecular weight excluding hydrogens is 256 g/mol. The lowest BCUT2D eigenvalue weighted by Gasteiger charge is -2.08. The predicted molar refractivity (Wildman–Crippen MR) is 65.2 cm³/mol. The maximum absolute atomic E-state index is 13.4. The number of halogens is 2. The zero-order chi connectivity index (χ0) is 13.8. The van der Waals surface area contributed by atoms with Crippen molar-refractivity contribution in [3.05, 3.63) is 29.9 Å². The van der Waals surface area contributed by atoms with Gasteiger partial charge in [-0.15, -0.1) is 0 Å². The summed E-state index contributed by atoms with van der Waals surface area (Å²) >= 11 is 0. The molecule has 0 fully saturated rings. The van der Waals surface area contributed by atoms with Crippen molar-refractivity contribution in [2.75, 3.05) is 17.3 Å². The molecule has 0 atom stereocenters. The molecule has 4 N–H and O–H groups in total. The third kappa shape index (κ3) is 3.13. The van der Waals surface area contributed by atoms with Crippen molar-refractivity contribution in [1.82, 2.24) is 19.7 Å². The van der Waals surface area contributed by atoms with Crippen molar-refractivity contribution < 1.29 is 8.78 Å². The van der Waals surface area contributed by atoms with E-state index in [2.05, 4.69) is 25.8 Å². The smallest absolute Gasteiger partial charge is 0.178 e. The van der Waals surface area contributed by atoms with Crippen LogP contribution in [0.15, 0.2) is 12.4 Å². The largest absolute Gasteiger partial charge is 0.367 e. The number of hydrogen-bond acceptors (Lipinski definition) is 6. The molecule has 9 heteroatoms. The van der Waals surface area contributed by atoms with Crippen LogP contribution < -0.4 is 16.6 Å². The Morgan fingerprint density at radius 2 is 2.05 bits per heavy atom. The molecule has 0 aliphatic rings. The molecule has 0 spiro atoms. The van der Waals surface area contributed by atoms with Crippen molar-refractivity contribution in [2.24, 2.45) is 12.9 Å². The number of aryl methyl sites for hydroxylation is 1. The maximum atomic E-state index is 13.4. The van der Waals surface area contributed by atoms with Crippen LogP contribution in [0.5, 0.6) is 0 Å². The fourth-order valence-electron chi connectivity index (χ4n) is 1.48. The van der Waals surface area contributed by atoms with Gasteiger partial charge < -0.3 is 10.7 Å². The standard InChI is InChI=1S/C10H13F2N7/c1-19-5-15-8(18-19)2-3-14-9-6(11)4-7(12)10(16-9)17-13/h4-5H,2-3,13H2,1H3,(H2,14,16,17). The molecule has 0 saturated carbocycles. The molecule has 0 bridgehead atoms. The number of hydrazine groups is 1. The van der Waals surface area contributed by atoms with Crippen molar-refractivity contribution in [3.63, 3.8) is 0 Å². The number of anilines is 2. The molecule has 0 amide bonds. The summed E-state index contributed by atoms with van der Waals surface area (Å²) in [6, 6.07) is 0.712. The highest BCUT2D eigenvalue weighted by Gasteiger charge is 2.11. The molecule has 2 aromatic rings. The zero-order valence-electron chi connectivity index (χ0n) is 10.2. The minimum absolute atomic E-state index is 0.0784. The quantitative estimate of drug-likeness (QED) is 0.538. The van der Waals surface area contributed by atoms with E-state index in [0.717, 1.165) is 0 Å². The summed E-state index contributed by atoms with van der Waals surface area (Å²) in [7, 11) is 1.75. The Hall–Kier alpha value is -2.29. The predicted octanol–water partition coefficient (Wildman–Crippen LogP) is 0.428. The van der Waals surface area contributed by atoms with Gasteiger partial charge in [-0.2, -0.15) is 5.10 Å². The summed E-state index contributed by atoms with van der Waals surface area (Å²) in [5.41, 5.74) is 2.05. The third-order valence-corrected chi connectivity index (χ3v) is 2.35. The van der Waals surface area contributed by atoms with Gasteiger partial charge in [-0.1, -0.05) is 0 Å². The molecule has 0 aromatic carbocycles. The van der Waals surface area contributed by atoms with Crippen LogP contribution in [0.4, 0.5) is 20.4 Å². The summed E-state index contributed by atoms with van der Waals surface area (Å²) in [6.45, 7) is 0.365. The molecule has 2 rings (SSSR count). The number of rotatable bonds is 5. The van der Waals surface area contributed by atoms with Crippen LogP contribution in [0.3, 0.4) is 0 Å². The third-order valence-electron chi connectivity index (χ3n) is 2.35. The average molecular weight is 269 g/mol. The summed E-state index contributed by atoms with van der Waals surface area (Å²) in [5.74, 6) is 3.75. The van der Waals surface area contributed by atoms with E-state index in [4.69, 9.17) is 5.84 Å². The van der Waals surface area contributed by atoms with E-state index in [1.807, 2.05) is 0 Å². The molecule has 2 aromatic heterocycles. The molecule has 102 valence electrons. The summed E-state index contributed by atoms with van der Waals surface area (Å²) in [6.07, 6.45) is 2.06. The van der Waals surface area contributed by atoms with E-state index in [-0.39, 0.29) is 11.6 Å². The molecule has 0 aliphatic carbocycles. The monoisotopic (exact) mass is 269 g/mol. The Morgan fingerprint density at radius 1 is 1.32 bits per heavy atom. The fraction of sp³-hybridized carbons (Fsp3) is 0.300. The number of nitrogens with zero attached hydrogens (tertiary/aromatic N) is 4. The van der Waals surface area contributed by atoms with Crippen LogP contribution in [0.1, 0.15) is 5.82 Å². The van der Waals surface area contributed by atoms with Crippen LogP contribution in [-0.2, 0) is 13.5 Å². The van der Waals surface area contributed by atoms with Crippen molar-refractivity contribution >= 4 is 11.6 Å². The van der Waals surface area contributed by atoms with Gasteiger partial charge in [-0.25, -0.2) is 24.6 Å². The molecule has 7 nitrogen and oxygen atoms in total. The Kier molecular flexibility index (Phi) is 3.85. The number of hydrogen-bond donors (Lipinski definition) is 3. The first kappa shape index (κ1) is 13.1. The van der Waals surface area contributed by atoms with Gasteiger partial charge in [0.15, 0.2) is 29.1 Å². The Labute approximate surface area is 107 Å². The van der Waals surface area contributed by atoms with Crippen LogP contribution in [0, 0.1) is 11.6 Å². The van der Waals surface area contributed by atoms with Crippen molar-refractivity contribution in [1.29, 1.82) is 0 Å². The lowest BCUT2D eigenvalue weighted by molar-refractivity contribution is 0.578. The Balaban J connectivity index is 1.99. The number of pyridine rings is 1. The van der Waals surface area contributed by atoms with Gasteiger partial charge in [0.2, 0.25) is 0 Å². The minimum Gasteiger partial charge on any atom is -0.367 e. The molecule has 0 unspecified atom stereocenters. The number of nitrogens with two attached hydrogens (primary N) is 1. The highest BCUT2D eigenvalue weighted by Crippen LogP contribution is 2.17. The van der Waals surface area contributed by atoms with Crippen molar-refractivity contribution in [3.8, 4) is 0 Å². The minimum atomic E-state index is -0.850. The van der Waals surface area contributed by atoms with E-state index in [9.17, 15) is 8.78 Å². The summed E-state index contributed by atoms with van der Waals surface area (Å²) < 4.78 is 28.1. The topological polar surface area (TPSA) is 93.7 Å². The Bertz CT molecular complexity index is 569. The molecule has 2 heterocycles. The first-order valence-corrected chi connectivity index (χ1v) is 5.51. The summed E-state index contributed by atoms with van der Waals surface area (Å²) in [5, 5.41) is 6.81. The normalized spacial score (nSPS) is 10.5. The van der Waals surface area contributed by atoms with Crippen LogP contribution in [0.25, 0.3) is 0 Å². The van der Waals surface area contributed by atoms with Gasteiger partial charge in [0.25, 0.3) is 0 Å². The zero-order valence-corrected chi connectivity index (χ0v) is 10.2. The second-order valence-corrected chi connectivity index (χ2v) is 3.80. The highest BCUT2D eigenvalue weighted by atomic mass is 19.1. The summed E-state index contributed by atoms with van der Waals surface area (Å²) in [4.78, 5) is 7.71. The van der Waals surface area contributed by atoms with Gasteiger partial charge in [0, 0.05) is 26.1 Å². The first-order chi connectivity index (χ1) is 9.10. The van der Waals surface area contributed by atoms with Gasteiger partial charge >= 0.3 is 0 Å². The SMILES string of the molecule is Cn1cnc(CCNc2nc(NN)c(F)cc2F)n1.